The minimum Gasteiger partial charge on any atom is -0.372 e. The van der Waals surface area contributed by atoms with Crippen LogP contribution in [0.1, 0.15) is 22.4 Å². The second-order valence-corrected chi connectivity index (χ2v) is 4.71. The number of nitrogens with zero attached hydrogens (tertiary/aromatic N) is 2. The van der Waals surface area contributed by atoms with Gasteiger partial charge in [-0.3, -0.25) is 0 Å². The summed E-state index contributed by atoms with van der Waals surface area (Å²) in [6.07, 6.45) is -3.38. The van der Waals surface area contributed by atoms with Crippen LogP contribution in [0.5, 0.6) is 0 Å². The number of benzene rings is 1. The normalized spacial score (nSPS) is 14.0. The molecule has 0 saturated heterocycles. The third-order valence-corrected chi connectivity index (χ3v) is 3.18. The highest BCUT2D eigenvalue weighted by molar-refractivity contribution is 5.35. The highest BCUT2D eigenvalue weighted by Crippen LogP contribution is 2.27. The lowest BCUT2D eigenvalue weighted by Gasteiger charge is -2.09. The van der Waals surface area contributed by atoms with Gasteiger partial charge in [-0.05, 0) is 22.8 Å². The molecule has 21 heavy (non-hydrogen) atoms. The number of nitrogens with one attached hydrogen (secondary N) is 1. The van der Waals surface area contributed by atoms with Crippen LogP contribution < -0.4 is 5.32 Å². The lowest BCUT2D eigenvalue weighted by atomic mass is 10.1. The molecule has 4 nitrogen and oxygen atoms in total. The number of hydrogen-bond acceptors (Lipinski definition) is 4. The van der Waals surface area contributed by atoms with Gasteiger partial charge < -0.3 is 10.1 Å². The number of rotatable bonds is 3. The molecule has 2 heterocycles. The molecule has 0 atom stereocenters. The van der Waals surface area contributed by atoms with Crippen molar-refractivity contribution in [2.75, 3.05) is 5.32 Å². The first kappa shape index (κ1) is 13.8. The van der Waals surface area contributed by atoms with E-state index in [9.17, 15) is 13.2 Å². The Bertz CT molecular complexity index is 658. The number of alkyl halides is 3. The molecule has 110 valence electrons. The van der Waals surface area contributed by atoms with Crippen molar-refractivity contribution >= 4 is 5.95 Å². The molecule has 0 spiro atoms. The first-order chi connectivity index (χ1) is 10.0. The predicted octanol–water partition coefficient (Wildman–Crippen LogP) is 3.14. The summed E-state index contributed by atoms with van der Waals surface area (Å²) in [6.45, 7) is 1.54. The minimum absolute atomic E-state index is 0.0402. The van der Waals surface area contributed by atoms with Crippen molar-refractivity contribution in [1.82, 2.24) is 9.97 Å². The summed E-state index contributed by atoms with van der Waals surface area (Å²) in [5.74, 6) is -0.0402. The summed E-state index contributed by atoms with van der Waals surface area (Å²) in [4.78, 5) is 7.25. The van der Waals surface area contributed by atoms with E-state index in [1.165, 1.54) is 0 Å². The maximum Gasteiger partial charge on any atom is 0.433 e. The van der Waals surface area contributed by atoms with E-state index in [0.29, 0.717) is 19.8 Å². The average Bonchev–Trinajstić information content (AvgIpc) is 2.92. The number of aromatic nitrogens is 2. The molecule has 3 rings (SSSR count). The van der Waals surface area contributed by atoms with Crippen molar-refractivity contribution in [3.63, 3.8) is 0 Å². The molecule has 1 N–H and O–H groups in total. The molecule has 1 aromatic heterocycles. The molecule has 2 aromatic rings. The van der Waals surface area contributed by atoms with Crippen LogP contribution in [0, 0.1) is 0 Å². The van der Waals surface area contributed by atoms with Gasteiger partial charge in [-0.1, -0.05) is 18.2 Å². The monoisotopic (exact) mass is 295 g/mol. The topological polar surface area (TPSA) is 47.0 Å². The summed E-state index contributed by atoms with van der Waals surface area (Å²) < 4.78 is 43.0. The molecule has 0 unspecified atom stereocenters. The number of hydrogen-bond donors (Lipinski definition) is 1. The summed E-state index contributed by atoms with van der Waals surface area (Å²) in [6, 6.07) is 6.70. The third-order valence-electron chi connectivity index (χ3n) is 3.18. The van der Waals surface area contributed by atoms with Gasteiger partial charge in [-0.25, -0.2) is 9.97 Å². The SMILES string of the molecule is FC(F)(F)c1ccnc(NCc2ccc3c(c2)COC3)n1. The lowest BCUT2D eigenvalue weighted by molar-refractivity contribution is -0.141. The Morgan fingerprint density at radius 3 is 2.76 bits per heavy atom. The smallest absolute Gasteiger partial charge is 0.372 e. The van der Waals surface area contributed by atoms with Crippen LogP contribution in [0.15, 0.2) is 30.5 Å². The zero-order valence-corrected chi connectivity index (χ0v) is 10.9. The van der Waals surface area contributed by atoms with Crippen LogP contribution in [0.2, 0.25) is 0 Å². The van der Waals surface area contributed by atoms with Gasteiger partial charge in [-0.2, -0.15) is 13.2 Å². The van der Waals surface area contributed by atoms with E-state index in [4.69, 9.17) is 4.74 Å². The van der Waals surface area contributed by atoms with Gasteiger partial charge in [0.15, 0.2) is 0 Å². The third kappa shape index (κ3) is 3.13. The maximum absolute atomic E-state index is 12.5. The van der Waals surface area contributed by atoms with Gasteiger partial charge in [0, 0.05) is 12.7 Å². The second-order valence-electron chi connectivity index (χ2n) is 4.71. The van der Waals surface area contributed by atoms with Crippen molar-refractivity contribution < 1.29 is 17.9 Å². The van der Waals surface area contributed by atoms with Crippen LogP contribution >= 0.6 is 0 Å². The quantitative estimate of drug-likeness (QED) is 0.945. The Morgan fingerprint density at radius 2 is 1.95 bits per heavy atom. The first-order valence-electron chi connectivity index (χ1n) is 6.35. The van der Waals surface area contributed by atoms with E-state index in [0.717, 1.165) is 29.0 Å². The number of halogens is 3. The van der Waals surface area contributed by atoms with E-state index in [-0.39, 0.29) is 5.95 Å². The molecule has 1 aliphatic heterocycles. The van der Waals surface area contributed by atoms with Gasteiger partial charge >= 0.3 is 6.18 Å². The highest BCUT2D eigenvalue weighted by atomic mass is 19.4. The van der Waals surface area contributed by atoms with Crippen LogP contribution in [-0.4, -0.2) is 9.97 Å². The van der Waals surface area contributed by atoms with E-state index < -0.39 is 11.9 Å². The zero-order chi connectivity index (χ0) is 14.9. The fraction of sp³-hybridized carbons (Fsp3) is 0.286. The van der Waals surface area contributed by atoms with Crippen LogP contribution in [0.4, 0.5) is 19.1 Å². The Hall–Kier alpha value is -2.15. The van der Waals surface area contributed by atoms with Crippen LogP contribution in [0.3, 0.4) is 0 Å². The van der Waals surface area contributed by atoms with Crippen molar-refractivity contribution in [2.24, 2.45) is 0 Å². The molecule has 0 radical (unpaired) electrons. The van der Waals surface area contributed by atoms with Crippen molar-refractivity contribution in [3.8, 4) is 0 Å². The summed E-state index contributed by atoms with van der Waals surface area (Å²) in [7, 11) is 0. The highest BCUT2D eigenvalue weighted by Gasteiger charge is 2.32. The Labute approximate surface area is 119 Å². The van der Waals surface area contributed by atoms with Crippen LogP contribution in [0.25, 0.3) is 0 Å². The van der Waals surface area contributed by atoms with Gasteiger partial charge in [0.25, 0.3) is 0 Å². The van der Waals surface area contributed by atoms with Crippen molar-refractivity contribution in [2.45, 2.75) is 25.9 Å². The molecule has 1 aromatic carbocycles. The van der Waals surface area contributed by atoms with Gasteiger partial charge in [-0.15, -0.1) is 0 Å². The van der Waals surface area contributed by atoms with Crippen molar-refractivity contribution in [3.05, 3.63) is 52.8 Å². The van der Waals surface area contributed by atoms with Gasteiger partial charge in [0.05, 0.1) is 13.2 Å². The number of ether oxygens (including phenoxy) is 1. The molecule has 0 fully saturated rings. The van der Waals surface area contributed by atoms with Crippen LogP contribution in [-0.2, 0) is 30.7 Å². The lowest BCUT2D eigenvalue weighted by Crippen LogP contribution is -2.11. The molecule has 1 aliphatic rings. The molecule has 0 aliphatic carbocycles. The van der Waals surface area contributed by atoms with E-state index in [2.05, 4.69) is 15.3 Å². The summed E-state index contributed by atoms with van der Waals surface area (Å²) >= 11 is 0. The van der Waals surface area contributed by atoms with E-state index >= 15 is 0 Å². The summed E-state index contributed by atoms with van der Waals surface area (Å²) in [5.41, 5.74) is 2.25. The fourth-order valence-corrected chi connectivity index (χ4v) is 2.12. The van der Waals surface area contributed by atoms with Crippen molar-refractivity contribution in [1.29, 1.82) is 0 Å². The number of fused-ring (bicyclic) bond motifs is 1. The molecular formula is C14H12F3N3O. The average molecular weight is 295 g/mol. The molecular weight excluding hydrogens is 283 g/mol. The Balaban J connectivity index is 1.70. The fourth-order valence-electron chi connectivity index (χ4n) is 2.12. The molecule has 0 bridgehead atoms. The largest absolute Gasteiger partial charge is 0.433 e. The maximum atomic E-state index is 12.5. The number of anilines is 1. The van der Waals surface area contributed by atoms with E-state index in [1.807, 2.05) is 18.2 Å². The van der Waals surface area contributed by atoms with Gasteiger partial charge in [0.1, 0.15) is 5.69 Å². The summed E-state index contributed by atoms with van der Waals surface area (Å²) in [5, 5.41) is 2.80. The minimum atomic E-state index is -4.47. The molecule has 0 amide bonds. The Morgan fingerprint density at radius 1 is 1.14 bits per heavy atom. The van der Waals surface area contributed by atoms with Gasteiger partial charge in [0.2, 0.25) is 5.95 Å². The first-order valence-corrected chi connectivity index (χ1v) is 6.35. The predicted molar refractivity (Wildman–Crippen MR) is 69.3 cm³/mol. The molecule has 7 heteroatoms. The molecule has 0 saturated carbocycles. The second kappa shape index (κ2) is 5.33. The standard InChI is InChI=1S/C14H12F3N3O/c15-14(16,17)12-3-4-18-13(20-12)19-6-9-1-2-10-7-21-8-11(10)5-9/h1-5H,6-8H2,(H,18,19,20). The Kier molecular flexibility index (Phi) is 3.50. The zero-order valence-electron chi connectivity index (χ0n) is 10.9. The van der Waals surface area contributed by atoms with E-state index in [1.54, 1.807) is 0 Å².